The number of carboxylic acids is 1. The lowest BCUT2D eigenvalue weighted by Crippen LogP contribution is -2.21. The van der Waals surface area contributed by atoms with Gasteiger partial charge in [0, 0.05) is 17.4 Å². The van der Waals surface area contributed by atoms with E-state index in [2.05, 4.69) is 33.3 Å². The van der Waals surface area contributed by atoms with Crippen molar-refractivity contribution in [1.82, 2.24) is 15.0 Å². The molecule has 0 aliphatic rings. The lowest BCUT2D eigenvalue weighted by Gasteiger charge is -2.13. The smallest absolute Gasteiger partial charge is 0.475 e. The van der Waals surface area contributed by atoms with E-state index in [1.165, 1.54) is 6.20 Å². The van der Waals surface area contributed by atoms with Crippen LogP contribution in [0.2, 0.25) is 0 Å². The molecule has 0 unspecified atom stereocenters. The molecule has 0 aliphatic carbocycles. The van der Waals surface area contributed by atoms with Gasteiger partial charge >= 0.3 is 12.1 Å². The number of hydrogen-bond donors (Lipinski definition) is 4. The van der Waals surface area contributed by atoms with Crippen molar-refractivity contribution < 1.29 is 27.9 Å². The molecule has 12 heteroatoms. The minimum absolute atomic E-state index is 0.276. The molecule has 2 aromatic heterocycles. The Morgan fingerprint density at radius 1 is 1.17 bits per heavy atom. The molecule has 0 spiro atoms. The average molecular weight is 496 g/mol. The van der Waals surface area contributed by atoms with Crippen LogP contribution in [-0.4, -0.2) is 38.1 Å². The second-order valence-corrected chi connectivity index (χ2v) is 7.32. The number of nitrogens with one attached hydrogen (secondary N) is 2. The number of aliphatic carboxylic acids is 1. The van der Waals surface area contributed by atoms with E-state index in [-0.39, 0.29) is 5.56 Å². The second kappa shape index (κ2) is 10.6. The fourth-order valence-corrected chi connectivity index (χ4v) is 3.20. The number of primary amides is 1. The van der Waals surface area contributed by atoms with Gasteiger partial charge in [0.25, 0.3) is 5.91 Å². The normalized spacial score (nSPS) is 10.8. The summed E-state index contributed by atoms with van der Waals surface area (Å²) in [7, 11) is 0. The first-order valence-corrected chi connectivity index (χ1v) is 10.4. The van der Waals surface area contributed by atoms with Gasteiger partial charge in [-0.3, -0.25) is 4.79 Å². The summed E-state index contributed by atoms with van der Waals surface area (Å²) < 4.78 is 31.7. The van der Waals surface area contributed by atoms with Crippen LogP contribution >= 0.6 is 0 Å². The Morgan fingerprint density at radius 2 is 1.81 bits per heavy atom. The van der Waals surface area contributed by atoms with E-state index in [0.717, 1.165) is 23.2 Å². The fourth-order valence-electron chi connectivity index (χ4n) is 3.20. The van der Waals surface area contributed by atoms with Gasteiger partial charge in [-0.2, -0.15) is 18.4 Å². The van der Waals surface area contributed by atoms with E-state index >= 15 is 0 Å². The predicted molar refractivity (Wildman–Crippen MR) is 125 cm³/mol. The van der Waals surface area contributed by atoms with Crippen molar-refractivity contribution in [3.63, 3.8) is 0 Å². The highest BCUT2D eigenvalue weighted by molar-refractivity contribution is 6.06. The van der Waals surface area contributed by atoms with E-state index in [0.29, 0.717) is 28.2 Å². The number of nitriles is 1. The first-order valence-electron chi connectivity index (χ1n) is 10.4. The number of aryl methyl sites for hydroxylation is 1. The van der Waals surface area contributed by atoms with Gasteiger partial charge in [-0.25, -0.2) is 14.8 Å². The number of anilines is 2. The molecule has 2 aromatic carbocycles. The molecule has 0 saturated carbocycles. The molecule has 0 saturated heterocycles. The van der Waals surface area contributed by atoms with Crippen molar-refractivity contribution in [3.05, 3.63) is 71.4 Å². The second-order valence-electron chi connectivity index (χ2n) is 7.32. The Morgan fingerprint density at radius 3 is 2.36 bits per heavy atom. The number of halogens is 3. The zero-order valence-electron chi connectivity index (χ0n) is 18.7. The summed E-state index contributed by atoms with van der Waals surface area (Å²) in [4.78, 5) is 33.0. The Bertz CT molecular complexity index is 1460. The fraction of sp³-hybridized carbons (Fsp3) is 0.125. The quantitative estimate of drug-likeness (QED) is 0.316. The van der Waals surface area contributed by atoms with Crippen molar-refractivity contribution in [2.24, 2.45) is 5.73 Å². The third kappa shape index (κ3) is 5.76. The summed E-state index contributed by atoms with van der Waals surface area (Å²) in [6, 6.07) is 17.0. The summed E-state index contributed by atoms with van der Waals surface area (Å²) >= 11 is 0. The Balaban J connectivity index is 0.000000454. The van der Waals surface area contributed by atoms with Crippen LogP contribution in [0, 0.1) is 11.3 Å². The number of amides is 1. The molecule has 0 radical (unpaired) electrons. The Hall–Kier alpha value is -4.92. The number of carbonyl (C=O) groups is 2. The van der Waals surface area contributed by atoms with Crippen molar-refractivity contribution >= 4 is 34.4 Å². The number of para-hydroxylation sites is 1. The molecule has 2 heterocycles. The number of nitrogens with two attached hydrogens (primary N) is 1. The summed E-state index contributed by atoms with van der Waals surface area (Å²) in [6.07, 6.45) is -2.81. The topological polar surface area (TPSA) is 158 Å². The average Bonchev–Trinajstić information content (AvgIpc) is 3.29. The number of nitrogens with zero attached hydrogens (tertiary/aromatic N) is 3. The molecule has 5 N–H and O–H groups in total. The molecule has 36 heavy (non-hydrogen) atoms. The standard InChI is InChI=1S/C22H18N6O.C2HF3O2/c1-2-14-5-3-4-6-17(14)26-18-16(20(24)29)12-25-22-19(18)27-21(28-22)15-9-7-13(11-23)8-10-15;3-2(4,5)1(6)7/h3-10,12H,2H2,1H3,(H2,24,29)(H2,25,26,27,28);(H,6,7). The number of fused-ring (bicyclic) bond motifs is 1. The minimum Gasteiger partial charge on any atom is -0.475 e. The van der Waals surface area contributed by atoms with Gasteiger partial charge in [0.05, 0.1) is 22.9 Å². The zero-order chi connectivity index (χ0) is 26.5. The highest BCUT2D eigenvalue weighted by Gasteiger charge is 2.38. The molecule has 0 aliphatic heterocycles. The maximum atomic E-state index is 12.0. The van der Waals surface area contributed by atoms with Gasteiger partial charge < -0.3 is 21.1 Å². The largest absolute Gasteiger partial charge is 0.490 e. The number of imidazole rings is 1. The van der Waals surface area contributed by atoms with Gasteiger partial charge in [0.2, 0.25) is 0 Å². The number of rotatable bonds is 5. The SMILES string of the molecule is CCc1ccccc1Nc1c(C(N)=O)cnc2nc(-c3ccc(C#N)cc3)[nH]c12.O=C(O)C(F)(F)F. The summed E-state index contributed by atoms with van der Waals surface area (Å²) in [5, 5.41) is 19.4. The number of aromatic amines is 1. The van der Waals surface area contributed by atoms with Crippen LogP contribution in [0.1, 0.15) is 28.4 Å². The van der Waals surface area contributed by atoms with Gasteiger partial charge in [-0.15, -0.1) is 0 Å². The number of H-pyrrole nitrogens is 1. The number of aromatic nitrogens is 3. The lowest BCUT2D eigenvalue weighted by molar-refractivity contribution is -0.192. The van der Waals surface area contributed by atoms with Crippen LogP contribution in [0.15, 0.2) is 54.7 Å². The van der Waals surface area contributed by atoms with E-state index in [1.54, 1.807) is 12.1 Å². The number of alkyl halides is 3. The van der Waals surface area contributed by atoms with Crippen molar-refractivity contribution in [1.29, 1.82) is 5.26 Å². The van der Waals surface area contributed by atoms with E-state index < -0.39 is 18.1 Å². The van der Waals surface area contributed by atoms with Crippen LogP contribution in [0.3, 0.4) is 0 Å². The lowest BCUT2D eigenvalue weighted by atomic mass is 10.1. The van der Waals surface area contributed by atoms with Crippen LogP contribution in [0.5, 0.6) is 0 Å². The third-order valence-corrected chi connectivity index (χ3v) is 4.97. The van der Waals surface area contributed by atoms with Crippen LogP contribution < -0.4 is 11.1 Å². The molecule has 1 amide bonds. The maximum absolute atomic E-state index is 12.0. The van der Waals surface area contributed by atoms with E-state index in [9.17, 15) is 18.0 Å². The van der Waals surface area contributed by atoms with Crippen molar-refractivity contribution in [2.75, 3.05) is 5.32 Å². The van der Waals surface area contributed by atoms with Crippen LogP contribution in [0.25, 0.3) is 22.6 Å². The van der Waals surface area contributed by atoms with Gasteiger partial charge in [0.15, 0.2) is 5.65 Å². The maximum Gasteiger partial charge on any atom is 0.490 e. The van der Waals surface area contributed by atoms with Gasteiger partial charge in [0.1, 0.15) is 11.3 Å². The van der Waals surface area contributed by atoms with Crippen LogP contribution in [-0.2, 0) is 11.2 Å². The van der Waals surface area contributed by atoms with Gasteiger partial charge in [-0.05, 0) is 42.3 Å². The summed E-state index contributed by atoms with van der Waals surface area (Å²) in [6.45, 7) is 2.07. The number of carbonyl (C=O) groups excluding carboxylic acids is 1. The minimum atomic E-state index is -5.08. The molecule has 0 fully saturated rings. The molecular formula is C24H19F3N6O3. The summed E-state index contributed by atoms with van der Waals surface area (Å²) in [5.41, 5.74) is 10.8. The number of pyridine rings is 1. The molecule has 9 nitrogen and oxygen atoms in total. The van der Waals surface area contributed by atoms with Crippen LogP contribution in [0.4, 0.5) is 24.5 Å². The Kier molecular flexibility index (Phi) is 7.54. The van der Waals surface area contributed by atoms with Crippen molar-refractivity contribution in [3.8, 4) is 17.5 Å². The molecule has 0 bridgehead atoms. The number of hydrogen-bond acceptors (Lipinski definition) is 6. The van der Waals surface area contributed by atoms with Crippen molar-refractivity contribution in [2.45, 2.75) is 19.5 Å². The molecule has 4 aromatic rings. The molecule has 0 atom stereocenters. The molecule has 4 rings (SSSR count). The number of benzene rings is 2. The zero-order valence-corrected chi connectivity index (χ0v) is 18.7. The first-order chi connectivity index (χ1) is 17.0. The number of carboxylic acid groups (broad SMARTS) is 1. The highest BCUT2D eigenvalue weighted by atomic mass is 19.4. The molecule has 184 valence electrons. The van der Waals surface area contributed by atoms with E-state index in [1.807, 2.05) is 36.4 Å². The third-order valence-electron chi connectivity index (χ3n) is 4.97. The van der Waals surface area contributed by atoms with E-state index in [4.69, 9.17) is 20.9 Å². The van der Waals surface area contributed by atoms with Gasteiger partial charge in [-0.1, -0.05) is 25.1 Å². The summed E-state index contributed by atoms with van der Waals surface area (Å²) in [5.74, 6) is -2.75. The first kappa shape index (κ1) is 25.7. The predicted octanol–water partition coefficient (Wildman–Crippen LogP) is 4.53. The Labute approximate surface area is 202 Å². The molecular weight excluding hydrogens is 477 g/mol. The monoisotopic (exact) mass is 496 g/mol. The highest BCUT2D eigenvalue weighted by Crippen LogP contribution is 2.31.